The number of likely N-dealkylation sites (tertiary alicyclic amines) is 1. The molecule has 1 saturated carbocycles. The number of carbonyl (C=O) groups is 10. The molecule has 3 aromatic carbocycles. The van der Waals surface area contributed by atoms with E-state index in [0.717, 1.165) is 42.9 Å². The Kier molecular flexibility index (Phi) is 34.2. The van der Waals surface area contributed by atoms with Crippen LogP contribution in [0.25, 0.3) is 10.8 Å². The number of carbonyl (C=O) groups excluding carboxylic acids is 9. The standard InChI is InChI=1S/C71H108N24O12/c1-40(2)57(94-60(99)50(19-10-30-84-70(77)78)88-61(100)54(90-58(97)48(72)17-8-28-82-68(73)74)36-43-22-25-44-15-6-7-16-45(44)33-43)66(105)95-32-12-21-56(95)65(104)93-53(34-41-13-4-3-5-14-41)63(102)92-55(37-46-38-81-39-86-46)64(103)87-49(18-9-29-83-69(75)76)59(98)91-52(35-42-23-26-47(96)27-24-42)62(101)89-51(67(106)107)20-11-31-85-71(79)80/h6-7,15-16,22-27,33,38-41,48-57,96H,3-5,8-14,17-21,28-32,34-37,72H2,1-2H3,(H,81,86)(H,87,103)(H,88,100)(H,89,101)(H,90,97)(H,91,98)(H,92,102)(H,93,104)(H,94,99)(H,106,107)(H4,73,74,82)(H4,75,76,83)(H4,77,78,84)(H4,79,80,85)/t48-,49-,50-,51-,52-,53-,54-,55-,56-,57-/m0/s1. The molecular weight excluding hydrogens is 1380 g/mol. The quantitative estimate of drug-likeness (QED) is 0.0123. The summed E-state index contributed by atoms with van der Waals surface area (Å²) in [6.45, 7) is 3.82. The summed E-state index contributed by atoms with van der Waals surface area (Å²) in [4.78, 5) is 169. The molecule has 29 N–H and O–H groups in total. The predicted molar refractivity (Wildman–Crippen MR) is 403 cm³/mol. The van der Waals surface area contributed by atoms with E-state index in [4.69, 9.17) is 51.6 Å². The van der Waals surface area contributed by atoms with Gasteiger partial charge in [0.05, 0.1) is 12.4 Å². The summed E-state index contributed by atoms with van der Waals surface area (Å²) in [5.74, 6) is -9.82. The molecule has 9 amide bonds. The highest BCUT2D eigenvalue weighted by Crippen LogP contribution is 2.29. The number of benzene rings is 3. The molecular formula is C71H108N24O12. The van der Waals surface area contributed by atoms with Crippen molar-refractivity contribution in [1.82, 2.24) is 57.4 Å². The van der Waals surface area contributed by atoms with Crippen molar-refractivity contribution in [1.29, 1.82) is 0 Å². The van der Waals surface area contributed by atoms with Crippen LogP contribution in [-0.2, 0) is 67.2 Å². The van der Waals surface area contributed by atoms with Crippen molar-refractivity contribution in [2.24, 2.45) is 83.4 Å². The first-order chi connectivity index (χ1) is 51.0. The van der Waals surface area contributed by atoms with Gasteiger partial charge in [0.1, 0.15) is 60.1 Å². The lowest BCUT2D eigenvalue weighted by molar-refractivity contribution is -0.143. The second-order valence-electron chi connectivity index (χ2n) is 27.4. The van der Waals surface area contributed by atoms with E-state index in [1.165, 1.54) is 41.7 Å². The Bertz CT molecular complexity index is 3740. The molecule has 0 bridgehead atoms. The number of carboxylic acid groups (broad SMARTS) is 1. The zero-order chi connectivity index (χ0) is 78.1. The van der Waals surface area contributed by atoms with E-state index < -0.39 is 125 Å². The molecule has 36 heteroatoms. The molecule has 0 spiro atoms. The molecule has 4 aromatic rings. The number of hydrogen-bond donors (Lipinski definition) is 20. The topological polar surface area (TPSA) is 623 Å². The van der Waals surface area contributed by atoms with Crippen LogP contribution in [0.4, 0.5) is 0 Å². The molecule has 36 nitrogen and oxygen atoms in total. The number of imidazole rings is 1. The Morgan fingerprint density at radius 3 is 1.50 bits per heavy atom. The van der Waals surface area contributed by atoms with Gasteiger partial charge in [-0.3, -0.25) is 63.1 Å². The number of aliphatic imine (C=N–C) groups is 4. The van der Waals surface area contributed by atoms with Gasteiger partial charge in [-0.15, -0.1) is 0 Å². The second kappa shape index (κ2) is 43.2. The van der Waals surface area contributed by atoms with Crippen LogP contribution in [0.2, 0.25) is 0 Å². The fourth-order valence-corrected chi connectivity index (χ4v) is 12.8. The average molecular weight is 1490 g/mol. The number of nitrogens with zero attached hydrogens (tertiary/aromatic N) is 6. The number of fused-ring (bicyclic) bond motifs is 1. The van der Waals surface area contributed by atoms with Crippen LogP contribution in [0, 0.1) is 11.8 Å². The molecule has 1 aromatic heterocycles. The molecule has 0 radical (unpaired) electrons. The van der Waals surface area contributed by atoms with Crippen LogP contribution < -0.4 is 94.1 Å². The number of carboxylic acids is 1. The maximum atomic E-state index is 15.1. The van der Waals surface area contributed by atoms with Gasteiger partial charge in [0, 0.05) is 63.9 Å². The van der Waals surface area contributed by atoms with Crippen LogP contribution in [0.5, 0.6) is 5.75 Å². The summed E-state index contributed by atoms with van der Waals surface area (Å²) in [5, 5.41) is 44.1. The van der Waals surface area contributed by atoms with E-state index in [2.05, 4.69) is 72.5 Å². The minimum absolute atomic E-state index is 0.00301. The van der Waals surface area contributed by atoms with E-state index in [9.17, 15) is 48.6 Å². The lowest BCUT2D eigenvalue weighted by atomic mass is 9.84. The third kappa shape index (κ3) is 28.9. The maximum Gasteiger partial charge on any atom is 0.326 e. The fourth-order valence-electron chi connectivity index (χ4n) is 12.8. The molecule has 107 heavy (non-hydrogen) atoms. The molecule has 10 atom stereocenters. The molecule has 6 rings (SSSR count). The summed E-state index contributed by atoms with van der Waals surface area (Å²) in [6.07, 6.45) is 7.81. The first-order valence-corrected chi connectivity index (χ1v) is 36.2. The largest absolute Gasteiger partial charge is 0.508 e. The summed E-state index contributed by atoms with van der Waals surface area (Å²) in [7, 11) is 0. The molecule has 584 valence electrons. The van der Waals surface area contributed by atoms with Gasteiger partial charge in [-0.2, -0.15) is 0 Å². The molecule has 1 saturated heterocycles. The zero-order valence-corrected chi connectivity index (χ0v) is 60.8. The van der Waals surface area contributed by atoms with Gasteiger partial charge in [-0.25, -0.2) is 9.78 Å². The molecule has 2 fully saturated rings. The summed E-state index contributed by atoms with van der Waals surface area (Å²) in [5.41, 5.74) is 52.2. The molecule has 2 aliphatic rings. The SMILES string of the molecule is CC(C)[C@H](NC(=O)[C@H](CCCN=C(N)N)NC(=O)[C@H](Cc1ccc2ccccc2c1)NC(=O)[C@@H](N)CCCN=C(N)N)C(=O)N1CCC[C@H]1C(=O)N[C@@H](CC1CCCCC1)C(=O)N[C@@H](Cc1cnc[nH]1)C(=O)N[C@@H](CCCN=C(N)N)C(=O)N[C@@H](Cc1ccc(O)cc1)C(=O)N[C@@H](CCCN=C(N)N)C(=O)O. The number of aliphatic carboxylic acids is 1. The van der Waals surface area contributed by atoms with E-state index in [0.29, 0.717) is 29.7 Å². The first kappa shape index (κ1) is 84.6. The third-order valence-corrected chi connectivity index (χ3v) is 18.5. The number of aromatic hydroxyl groups is 1. The number of rotatable bonds is 43. The van der Waals surface area contributed by atoms with Crippen molar-refractivity contribution in [2.45, 2.75) is 196 Å². The number of aromatic amines is 1. The molecule has 2 heterocycles. The fraction of sp³-hybridized carbons (Fsp3) is 0.535. The van der Waals surface area contributed by atoms with Crippen molar-refractivity contribution in [3.8, 4) is 5.75 Å². The van der Waals surface area contributed by atoms with Crippen molar-refractivity contribution in [3.05, 3.63) is 96.1 Å². The van der Waals surface area contributed by atoms with E-state index in [1.807, 2.05) is 42.5 Å². The monoisotopic (exact) mass is 1490 g/mol. The lowest BCUT2D eigenvalue weighted by Gasteiger charge is -2.33. The van der Waals surface area contributed by atoms with Crippen LogP contribution in [0.15, 0.2) is 99.2 Å². The van der Waals surface area contributed by atoms with Crippen molar-refractivity contribution >= 4 is 93.7 Å². The van der Waals surface area contributed by atoms with Gasteiger partial charge in [-0.1, -0.05) is 101 Å². The highest BCUT2D eigenvalue weighted by atomic mass is 16.4. The van der Waals surface area contributed by atoms with Gasteiger partial charge >= 0.3 is 5.97 Å². The molecule has 0 unspecified atom stereocenters. The second-order valence-corrected chi connectivity index (χ2v) is 27.4. The van der Waals surface area contributed by atoms with Gasteiger partial charge in [0.15, 0.2) is 23.8 Å². The van der Waals surface area contributed by atoms with E-state index in [1.54, 1.807) is 13.8 Å². The third-order valence-electron chi connectivity index (χ3n) is 18.5. The smallest absolute Gasteiger partial charge is 0.326 e. The number of aromatic nitrogens is 2. The van der Waals surface area contributed by atoms with Crippen LogP contribution in [0.1, 0.15) is 133 Å². The number of phenols is 1. The Labute approximate surface area is 621 Å². The van der Waals surface area contributed by atoms with Crippen molar-refractivity contribution in [2.75, 3.05) is 32.7 Å². The van der Waals surface area contributed by atoms with Gasteiger partial charge in [0.2, 0.25) is 53.2 Å². The Morgan fingerprint density at radius 2 is 0.972 bits per heavy atom. The number of hydrogen-bond acceptors (Lipinski definition) is 17. The Balaban J connectivity index is 1.24. The van der Waals surface area contributed by atoms with Crippen molar-refractivity contribution in [3.63, 3.8) is 0 Å². The molecule has 1 aliphatic carbocycles. The number of amides is 9. The van der Waals surface area contributed by atoms with Gasteiger partial charge in [-0.05, 0) is 116 Å². The number of guanidine groups is 4. The van der Waals surface area contributed by atoms with E-state index in [-0.39, 0.29) is 145 Å². The van der Waals surface area contributed by atoms with Crippen LogP contribution in [-0.4, -0.2) is 201 Å². The van der Waals surface area contributed by atoms with Crippen LogP contribution in [0.3, 0.4) is 0 Å². The summed E-state index contributed by atoms with van der Waals surface area (Å²) >= 11 is 0. The highest BCUT2D eigenvalue weighted by molar-refractivity contribution is 5.99. The minimum Gasteiger partial charge on any atom is -0.508 e. The van der Waals surface area contributed by atoms with E-state index >= 15 is 9.59 Å². The van der Waals surface area contributed by atoms with Crippen molar-refractivity contribution < 1.29 is 58.2 Å². The highest BCUT2D eigenvalue weighted by Gasteiger charge is 2.42. The number of H-pyrrole nitrogens is 1. The first-order valence-electron chi connectivity index (χ1n) is 36.2. The number of phenolic OH excluding ortho intramolecular Hbond substituents is 1. The summed E-state index contributed by atoms with van der Waals surface area (Å²) in [6, 6.07) is 5.68. The van der Waals surface area contributed by atoms with Gasteiger partial charge < -0.3 is 114 Å². The minimum atomic E-state index is -1.47. The van der Waals surface area contributed by atoms with Crippen LogP contribution >= 0.6 is 0 Å². The number of nitrogens with one attached hydrogen (secondary N) is 9. The van der Waals surface area contributed by atoms with Gasteiger partial charge in [0.25, 0.3) is 0 Å². The average Bonchev–Trinajstić information content (AvgIpc) is 1.81. The normalized spacial score (nSPS) is 16.1. The number of nitrogens with two attached hydrogens (primary N) is 9. The maximum absolute atomic E-state index is 15.1. The Morgan fingerprint density at radius 1 is 0.514 bits per heavy atom. The Hall–Kier alpha value is -11.3. The summed E-state index contributed by atoms with van der Waals surface area (Å²) < 4.78 is 0. The zero-order valence-electron chi connectivity index (χ0n) is 60.8. The lowest BCUT2D eigenvalue weighted by Crippen LogP contribution is -2.61. The predicted octanol–water partition coefficient (Wildman–Crippen LogP) is -2.58. The molecule has 1 aliphatic heterocycles.